The Kier molecular flexibility index (Phi) is 4.19. The van der Waals surface area contributed by atoms with E-state index in [2.05, 4.69) is 10.3 Å². The topological polar surface area (TPSA) is 51.2 Å². The van der Waals surface area contributed by atoms with Gasteiger partial charge < -0.3 is 10.1 Å². The van der Waals surface area contributed by atoms with Crippen LogP contribution in [-0.2, 0) is 4.74 Å². The summed E-state index contributed by atoms with van der Waals surface area (Å²) in [5, 5.41) is 8.08. The Balaban J connectivity index is 1.93. The molecule has 1 heterocycles. The van der Waals surface area contributed by atoms with Crippen LogP contribution in [0.5, 0.6) is 0 Å². The summed E-state index contributed by atoms with van der Waals surface area (Å²) in [7, 11) is 1.38. The number of nitrogens with zero attached hydrogens (tertiary/aromatic N) is 1. The van der Waals surface area contributed by atoms with Crippen molar-refractivity contribution in [2.24, 2.45) is 0 Å². The first-order chi connectivity index (χ1) is 12.7. The van der Waals surface area contributed by atoms with E-state index in [4.69, 9.17) is 16.3 Å². The van der Waals surface area contributed by atoms with Gasteiger partial charge in [0.05, 0.1) is 12.7 Å². The Labute approximate surface area is 155 Å². The van der Waals surface area contributed by atoms with Crippen LogP contribution >= 0.6 is 11.6 Å². The molecule has 1 N–H and O–H groups in total. The highest BCUT2D eigenvalue weighted by Gasteiger charge is 2.11. The highest BCUT2D eigenvalue weighted by atomic mass is 35.5. The number of halogens is 1. The lowest BCUT2D eigenvalue weighted by Crippen LogP contribution is -2.01. The summed E-state index contributed by atoms with van der Waals surface area (Å²) >= 11 is 6.09. The van der Waals surface area contributed by atoms with E-state index >= 15 is 0 Å². The lowest BCUT2D eigenvalue weighted by molar-refractivity contribution is 0.0601. The number of anilines is 2. The first-order valence-electron chi connectivity index (χ1n) is 8.07. The average Bonchev–Trinajstić information content (AvgIpc) is 2.67. The molecule has 4 rings (SSSR count). The van der Waals surface area contributed by atoms with E-state index in [0.717, 1.165) is 32.9 Å². The number of methoxy groups -OCH3 is 1. The van der Waals surface area contributed by atoms with Crippen molar-refractivity contribution in [1.29, 1.82) is 0 Å². The molecule has 4 aromatic rings. The summed E-state index contributed by atoms with van der Waals surface area (Å²) in [6.07, 6.45) is 3.60. The van der Waals surface area contributed by atoms with Crippen molar-refractivity contribution in [2.45, 2.75) is 0 Å². The Morgan fingerprint density at radius 3 is 2.73 bits per heavy atom. The minimum Gasteiger partial charge on any atom is -0.465 e. The first-order valence-corrected chi connectivity index (χ1v) is 8.45. The molecule has 0 unspecified atom stereocenters. The molecule has 0 spiro atoms. The number of pyridine rings is 1. The zero-order valence-corrected chi connectivity index (χ0v) is 14.7. The fourth-order valence-electron chi connectivity index (χ4n) is 3.07. The number of esters is 1. The second kappa shape index (κ2) is 6.65. The number of aromatic nitrogens is 1. The van der Waals surface area contributed by atoms with Gasteiger partial charge in [0, 0.05) is 39.6 Å². The van der Waals surface area contributed by atoms with Crippen molar-refractivity contribution in [1.82, 2.24) is 4.98 Å². The van der Waals surface area contributed by atoms with Crippen LogP contribution in [0.15, 0.2) is 67.0 Å². The molecule has 4 nitrogen and oxygen atoms in total. The third-order valence-electron chi connectivity index (χ3n) is 4.28. The summed E-state index contributed by atoms with van der Waals surface area (Å²) in [6, 6.07) is 17.1. The molecule has 5 heteroatoms. The highest BCUT2D eigenvalue weighted by Crippen LogP contribution is 2.34. The second-order valence-corrected chi connectivity index (χ2v) is 6.34. The number of hydrogen-bond acceptors (Lipinski definition) is 4. The average molecular weight is 363 g/mol. The van der Waals surface area contributed by atoms with Gasteiger partial charge in [0.2, 0.25) is 0 Å². The van der Waals surface area contributed by atoms with Crippen molar-refractivity contribution >= 4 is 50.5 Å². The van der Waals surface area contributed by atoms with Crippen LogP contribution in [-0.4, -0.2) is 18.1 Å². The number of carbonyl (C=O) groups is 1. The van der Waals surface area contributed by atoms with Crippen LogP contribution in [0.4, 0.5) is 11.4 Å². The number of rotatable bonds is 3. The van der Waals surface area contributed by atoms with Crippen molar-refractivity contribution in [3.05, 3.63) is 77.6 Å². The van der Waals surface area contributed by atoms with E-state index in [0.29, 0.717) is 10.6 Å². The number of hydrogen-bond donors (Lipinski definition) is 1. The molecule has 26 heavy (non-hydrogen) atoms. The number of fused-ring (bicyclic) bond motifs is 3. The molecule has 128 valence electrons. The summed E-state index contributed by atoms with van der Waals surface area (Å²) in [5.41, 5.74) is 2.32. The van der Waals surface area contributed by atoms with Crippen molar-refractivity contribution in [2.75, 3.05) is 12.4 Å². The molecule has 0 aliphatic heterocycles. The molecular formula is C21H15ClN2O2. The predicted molar refractivity (Wildman–Crippen MR) is 105 cm³/mol. The largest absolute Gasteiger partial charge is 0.465 e. The Hall–Kier alpha value is -3.11. The molecule has 0 bridgehead atoms. The molecule has 0 aliphatic carbocycles. The molecule has 1 aromatic heterocycles. The van der Waals surface area contributed by atoms with E-state index in [1.165, 1.54) is 7.11 Å². The van der Waals surface area contributed by atoms with Gasteiger partial charge in [0.1, 0.15) is 0 Å². The van der Waals surface area contributed by atoms with Gasteiger partial charge in [-0.25, -0.2) is 4.79 Å². The SMILES string of the molecule is COC(=O)c1ccc2c(c1)cc(Nc1cccc(Cl)c1)c1ccncc12. The normalized spacial score (nSPS) is 10.8. The van der Waals surface area contributed by atoms with E-state index in [-0.39, 0.29) is 5.97 Å². The maximum atomic E-state index is 11.9. The third-order valence-corrected chi connectivity index (χ3v) is 4.51. The lowest BCUT2D eigenvalue weighted by Gasteiger charge is -2.13. The second-order valence-electron chi connectivity index (χ2n) is 5.91. The Morgan fingerprint density at radius 1 is 1.04 bits per heavy atom. The fourth-order valence-corrected chi connectivity index (χ4v) is 3.26. The molecule has 0 amide bonds. The van der Waals surface area contributed by atoms with Crippen molar-refractivity contribution < 1.29 is 9.53 Å². The summed E-state index contributed by atoms with van der Waals surface area (Å²) < 4.78 is 4.83. The molecule has 0 atom stereocenters. The van der Waals surface area contributed by atoms with E-state index in [1.54, 1.807) is 12.3 Å². The number of nitrogens with one attached hydrogen (secondary N) is 1. The number of benzene rings is 3. The molecule has 0 saturated carbocycles. The minimum atomic E-state index is -0.359. The molecule has 0 radical (unpaired) electrons. The smallest absolute Gasteiger partial charge is 0.337 e. The highest BCUT2D eigenvalue weighted by molar-refractivity contribution is 6.30. The molecule has 3 aromatic carbocycles. The lowest BCUT2D eigenvalue weighted by atomic mass is 10.00. The standard InChI is InChI=1S/C21H15ClN2O2/c1-26-21(25)13-5-6-17-14(9-13)10-20(18-7-8-23-12-19(17)18)24-16-4-2-3-15(22)11-16/h2-12,24H,1H3. The fraction of sp³-hybridized carbons (Fsp3) is 0.0476. The first kappa shape index (κ1) is 16.4. The summed E-state index contributed by atoms with van der Waals surface area (Å²) in [6.45, 7) is 0. The minimum absolute atomic E-state index is 0.359. The van der Waals surface area contributed by atoms with Gasteiger partial charge in [-0.1, -0.05) is 23.7 Å². The van der Waals surface area contributed by atoms with E-state index in [1.807, 2.05) is 54.7 Å². The van der Waals surface area contributed by atoms with Crippen LogP contribution in [0, 0.1) is 0 Å². The van der Waals surface area contributed by atoms with Gasteiger partial charge >= 0.3 is 5.97 Å². The maximum absolute atomic E-state index is 11.9. The zero-order chi connectivity index (χ0) is 18.1. The molecular weight excluding hydrogens is 348 g/mol. The van der Waals surface area contributed by atoms with Crippen LogP contribution in [0.3, 0.4) is 0 Å². The van der Waals surface area contributed by atoms with Gasteiger partial charge in [0.15, 0.2) is 0 Å². The van der Waals surface area contributed by atoms with Crippen LogP contribution in [0.2, 0.25) is 5.02 Å². The van der Waals surface area contributed by atoms with Crippen LogP contribution in [0.25, 0.3) is 21.5 Å². The summed E-state index contributed by atoms with van der Waals surface area (Å²) in [5.74, 6) is -0.359. The van der Waals surface area contributed by atoms with Crippen LogP contribution in [0.1, 0.15) is 10.4 Å². The molecule has 0 aliphatic rings. The number of ether oxygens (including phenoxy) is 1. The monoisotopic (exact) mass is 362 g/mol. The zero-order valence-electron chi connectivity index (χ0n) is 14.0. The summed E-state index contributed by atoms with van der Waals surface area (Å²) in [4.78, 5) is 16.1. The van der Waals surface area contributed by atoms with E-state index < -0.39 is 0 Å². The number of carbonyl (C=O) groups excluding carboxylic acids is 1. The Bertz CT molecular complexity index is 1140. The van der Waals surface area contributed by atoms with Crippen molar-refractivity contribution in [3.8, 4) is 0 Å². The third kappa shape index (κ3) is 2.95. The maximum Gasteiger partial charge on any atom is 0.337 e. The van der Waals surface area contributed by atoms with Gasteiger partial charge in [-0.05, 0) is 53.2 Å². The van der Waals surface area contributed by atoms with Crippen LogP contribution < -0.4 is 5.32 Å². The Morgan fingerprint density at radius 2 is 1.92 bits per heavy atom. The van der Waals surface area contributed by atoms with Gasteiger partial charge in [-0.3, -0.25) is 4.98 Å². The van der Waals surface area contributed by atoms with Gasteiger partial charge in [-0.2, -0.15) is 0 Å². The van der Waals surface area contributed by atoms with Gasteiger partial charge in [0.25, 0.3) is 0 Å². The molecule has 0 saturated heterocycles. The van der Waals surface area contributed by atoms with Gasteiger partial charge in [-0.15, -0.1) is 0 Å². The van der Waals surface area contributed by atoms with E-state index in [9.17, 15) is 4.79 Å². The molecule has 0 fully saturated rings. The van der Waals surface area contributed by atoms with Crippen molar-refractivity contribution in [3.63, 3.8) is 0 Å². The predicted octanol–water partition coefficient (Wildman–Crippen LogP) is 5.57. The quantitative estimate of drug-likeness (QED) is 0.382.